The maximum Gasteiger partial charge on any atom is 0.147 e. The molecule has 0 aliphatic carbocycles. The molecule has 0 bridgehead atoms. The molecule has 3 heteroatoms. The minimum atomic E-state index is -0.210. The van der Waals surface area contributed by atoms with Gasteiger partial charge in [-0.25, -0.2) is 4.39 Å². The first-order valence-corrected chi connectivity index (χ1v) is 6.83. The third kappa shape index (κ3) is 2.83. The number of para-hydroxylation sites is 1. The van der Waals surface area contributed by atoms with Gasteiger partial charge in [-0.3, -0.25) is 0 Å². The van der Waals surface area contributed by atoms with Gasteiger partial charge in [0.2, 0.25) is 0 Å². The minimum absolute atomic E-state index is 0.210. The van der Waals surface area contributed by atoms with E-state index in [4.69, 9.17) is 5.73 Å². The van der Waals surface area contributed by atoms with Gasteiger partial charge in [0.1, 0.15) is 5.82 Å². The average Bonchev–Trinajstić information content (AvgIpc) is 2.38. The van der Waals surface area contributed by atoms with Crippen LogP contribution in [0.2, 0.25) is 0 Å². The van der Waals surface area contributed by atoms with E-state index in [0.29, 0.717) is 18.7 Å². The second-order valence-corrected chi connectivity index (χ2v) is 5.14. The van der Waals surface area contributed by atoms with Crippen LogP contribution in [-0.2, 0) is 6.42 Å². The number of anilines is 2. The van der Waals surface area contributed by atoms with Crippen molar-refractivity contribution in [1.82, 2.24) is 0 Å². The highest BCUT2D eigenvalue weighted by Crippen LogP contribution is 2.32. The van der Waals surface area contributed by atoms with Crippen molar-refractivity contribution < 1.29 is 4.39 Å². The second-order valence-electron chi connectivity index (χ2n) is 5.14. The summed E-state index contributed by atoms with van der Waals surface area (Å²) in [5.74, 6) is -0.210. The molecule has 0 aliphatic rings. The van der Waals surface area contributed by atoms with Gasteiger partial charge < -0.3 is 10.6 Å². The molecule has 0 unspecified atom stereocenters. The molecule has 2 N–H and O–H groups in total. The fourth-order valence-corrected chi connectivity index (χ4v) is 2.60. The van der Waals surface area contributed by atoms with Gasteiger partial charge >= 0.3 is 0 Å². The topological polar surface area (TPSA) is 29.3 Å². The fraction of sp³-hybridized carbons (Fsp3) is 0.294. The SMILES string of the molecule is Cc1ccc(N(C)c2c(F)cccc2CCN)c(C)c1. The minimum Gasteiger partial charge on any atom is -0.342 e. The third-order valence-corrected chi connectivity index (χ3v) is 3.53. The molecule has 0 saturated carbocycles. The van der Waals surface area contributed by atoms with Gasteiger partial charge in [0.05, 0.1) is 5.69 Å². The Hall–Kier alpha value is -1.87. The van der Waals surface area contributed by atoms with Gasteiger partial charge in [0, 0.05) is 12.7 Å². The summed E-state index contributed by atoms with van der Waals surface area (Å²) in [4.78, 5) is 1.91. The predicted octanol–water partition coefficient (Wildman–Crippen LogP) is 3.71. The molecular formula is C17H21FN2. The molecule has 106 valence electrons. The van der Waals surface area contributed by atoms with E-state index >= 15 is 0 Å². The van der Waals surface area contributed by atoms with Crippen molar-refractivity contribution in [2.75, 3.05) is 18.5 Å². The van der Waals surface area contributed by atoms with E-state index in [1.165, 1.54) is 11.6 Å². The zero-order valence-electron chi connectivity index (χ0n) is 12.3. The molecule has 0 saturated heterocycles. The first kappa shape index (κ1) is 14.5. The summed E-state index contributed by atoms with van der Waals surface area (Å²) >= 11 is 0. The van der Waals surface area contributed by atoms with Crippen molar-refractivity contribution >= 4 is 11.4 Å². The van der Waals surface area contributed by atoms with E-state index in [0.717, 1.165) is 16.8 Å². The molecule has 2 aromatic carbocycles. The maximum absolute atomic E-state index is 14.2. The number of hydrogen-bond acceptors (Lipinski definition) is 2. The van der Waals surface area contributed by atoms with Gasteiger partial charge in [-0.15, -0.1) is 0 Å². The number of aryl methyl sites for hydroxylation is 2. The van der Waals surface area contributed by atoms with E-state index in [2.05, 4.69) is 13.0 Å². The molecule has 0 aromatic heterocycles. The molecule has 0 atom stereocenters. The van der Waals surface area contributed by atoms with Crippen LogP contribution in [0.4, 0.5) is 15.8 Å². The monoisotopic (exact) mass is 272 g/mol. The van der Waals surface area contributed by atoms with Crippen LogP contribution in [0.5, 0.6) is 0 Å². The van der Waals surface area contributed by atoms with Crippen molar-refractivity contribution in [3.05, 3.63) is 58.9 Å². The van der Waals surface area contributed by atoms with Crippen LogP contribution in [0.25, 0.3) is 0 Å². The van der Waals surface area contributed by atoms with Crippen LogP contribution in [0.1, 0.15) is 16.7 Å². The first-order valence-electron chi connectivity index (χ1n) is 6.83. The number of nitrogens with zero attached hydrogens (tertiary/aromatic N) is 1. The zero-order valence-corrected chi connectivity index (χ0v) is 12.3. The maximum atomic E-state index is 14.2. The molecular weight excluding hydrogens is 251 g/mol. The molecule has 0 spiro atoms. The molecule has 0 heterocycles. The van der Waals surface area contributed by atoms with Crippen LogP contribution in [0.3, 0.4) is 0 Å². The summed E-state index contributed by atoms with van der Waals surface area (Å²) in [5.41, 5.74) is 10.5. The molecule has 2 rings (SSSR count). The van der Waals surface area contributed by atoms with Crippen LogP contribution in [0.15, 0.2) is 36.4 Å². The standard InChI is InChI=1S/C17H21FN2/c1-12-7-8-16(13(2)11-12)20(3)17-14(9-10-19)5-4-6-15(17)18/h4-8,11H,9-10,19H2,1-3H3. The highest BCUT2D eigenvalue weighted by atomic mass is 19.1. The summed E-state index contributed by atoms with van der Waals surface area (Å²) in [6, 6.07) is 11.3. The van der Waals surface area contributed by atoms with Gasteiger partial charge in [-0.2, -0.15) is 0 Å². The Kier molecular flexibility index (Phi) is 4.40. The van der Waals surface area contributed by atoms with E-state index in [1.807, 2.05) is 37.1 Å². The van der Waals surface area contributed by atoms with Gasteiger partial charge in [0.15, 0.2) is 0 Å². The van der Waals surface area contributed by atoms with Gasteiger partial charge in [-0.1, -0.05) is 29.8 Å². The lowest BCUT2D eigenvalue weighted by atomic mass is 10.1. The number of nitrogens with two attached hydrogens (primary N) is 1. The Labute approximate surface area is 120 Å². The average molecular weight is 272 g/mol. The van der Waals surface area contributed by atoms with E-state index in [-0.39, 0.29) is 5.82 Å². The van der Waals surface area contributed by atoms with Crippen molar-refractivity contribution in [1.29, 1.82) is 0 Å². The third-order valence-electron chi connectivity index (χ3n) is 3.53. The molecule has 2 aromatic rings. The number of benzene rings is 2. The van der Waals surface area contributed by atoms with Gasteiger partial charge in [0.25, 0.3) is 0 Å². The zero-order chi connectivity index (χ0) is 14.7. The summed E-state index contributed by atoms with van der Waals surface area (Å²) < 4.78 is 14.2. The Morgan fingerprint density at radius 2 is 1.90 bits per heavy atom. The summed E-state index contributed by atoms with van der Waals surface area (Å²) in [6.45, 7) is 4.61. The predicted molar refractivity (Wildman–Crippen MR) is 83.1 cm³/mol. The number of hydrogen-bond donors (Lipinski definition) is 1. The lowest BCUT2D eigenvalue weighted by Gasteiger charge is -2.25. The summed E-state index contributed by atoms with van der Waals surface area (Å²) in [5, 5.41) is 0. The Morgan fingerprint density at radius 3 is 2.55 bits per heavy atom. The summed E-state index contributed by atoms with van der Waals surface area (Å²) in [7, 11) is 1.90. The highest BCUT2D eigenvalue weighted by Gasteiger charge is 2.15. The lowest BCUT2D eigenvalue weighted by Crippen LogP contribution is -2.16. The van der Waals surface area contributed by atoms with E-state index in [9.17, 15) is 4.39 Å². The lowest BCUT2D eigenvalue weighted by molar-refractivity contribution is 0.625. The largest absolute Gasteiger partial charge is 0.342 e. The molecule has 20 heavy (non-hydrogen) atoms. The summed E-state index contributed by atoms with van der Waals surface area (Å²) in [6.07, 6.45) is 0.669. The van der Waals surface area contributed by atoms with E-state index in [1.54, 1.807) is 6.07 Å². The molecule has 0 aliphatic heterocycles. The highest BCUT2D eigenvalue weighted by molar-refractivity contribution is 5.69. The van der Waals surface area contributed by atoms with Crippen molar-refractivity contribution in [2.45, 2.75) is 20.3 Å². The number of halogens is 1. The molecule has 0 radical (unpaired) electrons. The fourth-order valence-electron chi connectivity index (χ4n) is 2.60. The van der Waals surface area contributed by atoms with Crippen molar-refractivity contribution in [3.63, 3.8) is 0 Å². The number of rotatable bonds is 4. The normalized spacial score (nSPS) is 10.7. The van der Waals surface area contributed by atoms with Gasteiger partial charge in [-0.05, 0) is 50.1 Å². The van der Waals surface area contributed by atoms with Crippen LogP contribution < -0.4 is 10.6 Å². The quantitative estimate of drug-likeness (QED) is 0.919. The van der Waals surface area contributed by atoms with Crippen LogP contribution in [-0.4, -0.2) is 13.6 Å². The smallest absolute Gasteiger partial charge is 0.147 e. The Balaban J connectivity index is 2.49. The first-order chi connectivity index (χ1) is 9.54. The Bertz CT molecular complexity index is 608. The van der Waals surface area contributed by atoms with Crippen LogP contribution >= 0.6 is 0 Å². The van der Waals surface area contributed by atoms with Crippen molar-refractivity contribution in [3.8, 4) is 0 Å². The Morgan fingerprint density at radius 1 is 1.15 bits per heavy atom. The molecule has 2 nitrogen and oxygen atoms in total. The van der Waals surface area contributed by atoms with E-state index < -0.39 is 0 Å². The van der Waals surface area contributed by atoms with Crippen LogP contribution in [0, 0.1) is 19.7 Å². The molecule has 0 fully saturated rings. The molecule has 0 amide bonds. The second kappa shape index (κ2) is 6.06. The van der Waals surface area contributed by atoms with Crippen molar-refractivity contribution in [2.24, 2.45) is 5.73 Å².